The molecule has 0 saturated carbocycles. The molecule has 1 atom stereocenters. The Bertz CT molecular complexity index is 246. The second kappa shape index (κ2) is 10.6. The molecule has 0 bridgehead atoms. The van der Waals surface area contributed by atoms with Gasteiger partial charge in [0, 0.05) is 6.61 Å². The first kappa shape index (κ1) is 20.9. The molecule has 0 saturated heterocycles. The Morgan fingerprint density at radius 3 is 1.67 bits per heavy atom. The molecular weight excluding hydrogens is 260 g/mol. The van der Waals surface area contributed by atoms with Crippen molar-refractivity contribution >= 4 is 0 Å². The first-order valence-electron chi connectivity index (χ1n) is 9.01. The fraction of sp³-hybridized carbons (Fsp3) is 1.00. The number of hydrogen-bond donors (Lipinski definition) is 2. The average Bonchev–Trinajstić information content (AvgIpc) is 2.40. The van der Waals surface area contributed by atoms with Crippen molar-refractivity contribution in [3.63, 3.8) is 0 Å². The Hall–Kier alpha value is -0.0800. The monoisotopic (exact) mass is 300 g/mol. The minimum Gasteiger partial charge on any atom is -0.396 e. The molecule has 21 heavy (non-hydrogen) atoms. The Balaban J connectivity index is 3.57. The van der Waals surface area contributed by atoms with Gasteiger partial charge in [-0.1, -0.05) is 66.7 Å². The predicted octanol–water partition coefficient (Wildman–Crippen LogP) is 5.31. The van der Waals surface area contributed by atoms with E-state index in [2.05, 4.69) is 34.6 Å². The van der Waals surface area contributed by atoms with Gasteiger partial charge in [0.1, 0.15) is 0 Å². The summed E-state index contributed by atoms with van der Waals surface area (Å²) in [7, 11) is 0. The second-order valence-electron chi connectivity index (χ2n) is 8.30. The second-order valence-corrected chi connectivity index (χ2v) is 8.30. The molecule has 0 aromatic carbocycles. The summed E-state index contributed by atoms with van der Waals surface area (Å²) in [6, 6.07) is 0. The van der Waals surface area contributed by atoms with Gasteiger partial charge in [0.05, 0.1) is 6.10 Å². The van der Waals surface area contributed by atoms with E-state index in [4.69, 9.17) is 5.11 Å². The van der Waals surface area contributed by atoms with Gasteiger partial charge in [-0.15, -0.1) is 0 Å². The zero-order valence-corrected chi connectivity index (χ0v) is 15.2. The third kappa shape index (κ3) is 12.2. The number of aliphatic hydroxyl groups is 2. The van der Waals surface area contributed by atoms with Crippen molar-refractivity contribution in [2.45, 2.75) is 105 Å². The minimum absolute atomic E-state index is 0.115. The van der Waals surface area contributed by atoms with Gasteiger partial charge < -0.3 is 10.2 Å². The largest absolute Gasteiger partial charge is 0.396 e. The Morgan fingerprint density at radius 2 is 1.24 bits per heavy atom. The third-order valence-electron chi connectivity index (χ3n) is 5.03. The van der Waals surface area contributed by atoms with E-state index in [9.17, 15) is 5.11 Å². The zero-order valence-electron chi connectivity index (χ0n) is 15.2. The van der Waals surface area contributed by atoms with Crippen molar-refractivity contribution in [2.24, 2.45) is 10.8 Å². The van der Waals surface area contributed by atoms with Gasteiger partial charge in [0.15, 0.2) is 0 Å². The lowest BCUT2D eigenvalue weighted by atomic mass is 9.83. The zero-order chi connectivity index (χ0) is 16.4. The van der Waals surface area contributed by atoms with E-state index in [1.165, 1.54) is 19.3 Å². The van der Waals surface area contributed by atoms with E-state index in [0.29, 0.717) is 5.41 Å². The van der Waals surface area contributed by atoms with Crippen molar-refractivity contribution in [1.82, 2.24) is 0 Å². The van der Waals surface area contributed by atoms with Crippen LogP contribution in [-0.2, 0) is 0 Å². The molecule has 2 N–H and O–H groups in total. The van der Waals surface area contributed by atoms with Gasteiger partial charge in [-0.25, -0.2) is 0 Å². The molecule has 0 spiro atoms. The molecule has 0 radical (unpaired) electrons. The van der Waals surface area contributed by atoms with Crippen LogP contribution < -0.4 is 0 Å². The van der Waals surface area contributed by atoms with Crippen molar-refractivity contribution in [1.29, 1.82) is 0 Å². The maximum absolute atomic E-state index is 10.0. The van der Waals surface area contributed by atoms with Gasteiger partial charge in [0.2, 0.25) is 0 Å². The molecule has 0 heterocycles. The lowest BCUT2D eigenvalue weighted by molar-refractivity contribution is 0.141. The molecule has 2 nitrogen and oxygen atoms in total. The number of hydrogen-bond acceptors (Lipinski definition) is 2. The first-order chi connectivity index (χ1) is 9.72. The van der Waals surface area contributed by atoms with Crippen molar-refractivity contribution in [3.05, 3.63) is 0 Å². The highest BCUT2D eigenvalue weighted by Crippen LogP contribution is 2.28. The molecule has 0 aromatic rings. The molecule has 0 aromatic heterocycles. The minimum atomic E-state index is -0.115. The van der Waals surface area contributed by atoms with Gasteiger partial charge in [-0.05, 0) is 42.9 Å². The highest BCUT2D eigenvalue weighted by molar-refractivity contribution is 4.69. The van der Waals surface area contributed by atoms with Gasteiger partial charge in [-0.3, -0.25) is 0 Å². The van der Waals surface area contributed by atoms with Crippen molar-refractivity contribution < 1.29 is 10.2 Å². The van der Waals surface area contributed by atoms with Crippen LogP contribution in [0, 0.1) is 10.8 Å². The van der Waals surface area contributed by atoms with Crippen LogP contribution in [0.15, 0.2) is 0 Å². The highest BCUT2D eigenvalue weighted by atomic mass is 16.3. The summed E-state index contributed by atoms with van der Waals surface area (Å²) < 4.78 is 0. The summed E-state index contributed by atoms with van der Waals surface area (Å²) in [4.78, 5) is 0. The SMILES string of the molecule is CCC(C)(C)CCCCC(O)CCCCC(C)(C)CCO. The lowest BCUT2D eigenvalue weighted by Crippen LogP contribution is -2.14. The summed E-state index contributed by atoms with van der Waals surface area (Å²) in [6.45, 7) is 11.6. The van der Waals surface area contributed by atoms with Crippen LogP contribution in [0.5, 0.6) is 0 Å². The summed E-state index contributed by atoms with van der Waals surface area (Å²) in [5.41, 5.74) is 0.703. The average molecular weight is 301 g/mol. The third-order valence-corrected chi connectivity index (χ3v) is 5.03. The Kier molecular flexibility index (Phi) is 10.6. The maximum Gasteiger partial charge on any atom is 0.0540 e. The smallest absolute Gasteiger partial charge is 0.0540 e. The standard InChI is InChI=1S/C19H40O2/c1-6-18(2,3)13-9-7-11-17(21)12-8-10-14-19(4,5)15-16-20/h17,20-21H,6-16H2,1-5H3. The molecule has 1 unspecified atom stereocenters. The topological polar surface area (TPSA) is 40.5 Å². The van der Waals surface area contributed by atoms with Crippen LogP contribution in [0.25, 0.3) is 0 Å². The molecule has 0 aliphatic rings. The predicted molar refractivity (Wildman–Crippen MR) is 92.5 cm³/mol. The fourth-order valence-electron chi connectivity index (χ4n) is 2.72. The first-order valence-corrected chi connectivity index (χ1v) is 9.01. The van der Waals surface area contributed by atoms with E-state index in [1.54, 1.807) is 0 Å². The number of unbranched alkanes of at least 4 members (excludes halogenated alkanes) is 2. The van der Waals surface area contributed by atoms with Crippen LogP contribution >= 0.6 is 0 Å². The van der Waals surface area contributed by atoms with E-state index < -0.39 is 0 Å². The van der Waals surface area contributed by atoms with Gasteiger partial charge >= 0.3 is 0 Å². The van der Waals surface area contributed by atoms with E-state index >= 15 is 0 Å². The summed E-state index contributed by atoms with van der Waals surface area (Å²) >= 11 is 0. The molecular formula is C19H40O2. The number of rotatable bonds is 13. The fourth-order valence-corrected chi connectivity index (χ4v) is 2.72. The number of aliphatic hydroxyl groups excluding tert-OH is 2. The molecule has 128 valence electrons. The van der Waals surface area contributed by atoms with Gasteiger partial charge in [-0.2, -0.15) is 0 Å². The quantitative estimate of drug-likeness (QED) is 0.452. The van der Waals surface area contributed by atoms with Crippen LogP contribution in [0.2, 0.25) is 0 Å². The van der Waals surface area contributed by atoms with Crippen LogP contribution in [0.1, 0.15) is 98.8 Å². The molecule has 0 rings (SSSR count). The Morgan fingerprint density at radius 1 is 0.762 bits per heavy atom. The van der Waals surface area contributed by atoms with Crippen molar-refractivity contribution in [3.8, 4) is 0 Å². The maximum atomic E-state index is 10.0. The summed E-state index contributed by atoms with van der Waals surface area (Å²) in [5, 5.41) is 19.0. The Labute approximate surface area is 133 Å². The van der Waals surface area contributed by atoms with Crippen molar-refractivity contribution in [2.75, 3.05) is 6.61 Å². The normalized spacial score (nSPS) is 14.4. The van der Waals surface area contributed by atoms with Gasteiger partial charge in [0.25, 0.3) is 0 Å². The van der Waals surface area contributed by atoms with Crippen LogP contribution in [0.4, 0.5) is 0 Å². The lowest BCUT2D eigenvalue weighted by Gasteiger charge is -2.23. The molecule has 0 amide bonds. The van der Waals surface area contributed by atoms with E-state index in [0.717, 1.165) is 44.9 Å². The highest BCUT2D eigenvalue weighted by Gasteiger charge is 2.17. The van der Waals surface area contributed by atoms with Crippen LogP contribution in [0.3, 0.4) is 0 Å². The van der Waals surface area contributed by atoms with E-state index in [-0.39, 0.29) is 18.1 Å². The summed E-state index contributed by atoms with van der Waals surface area (Å²) in [6.07, 6.45) is 11.0. The van der Waals surface area contributed by atoms with E-state index in [1.807, 2.05) is 0 Å². The molecule has 2 heteroatoms. The molecule has 0 aliphatic carbocycles. The van der Waals surface area contributed by atoms with Crippen LogP contribution in [-0.4, -0.2) is 22.9 Å². The molecule has 0 aliphatic heterocycles. The molecule has 0 fully saturated rings. The summed E-state index contributed by atoms with van der Waals surface area (Å²) in [5.74, 6) is 0.